The van der Waals surface area contributed by atoms with Crippen LogP contribution in [0.4, 0.5) is 0 Å². The number of nitrogens with one attached hydrogen (secondary N) is 1. The molecule has 0 saturated carbocycles. The molecule has 3 heteroatoms. The van der Waals surface area contributed by atoms with Gasteiger partial charge in [0, 0.05) is 16.5 Å². The summed E-state index contributed by atoms with van der Waals surface area (Å²) in [5, 5.41) is 3.03. The van der Waals surface area contributed by atoms with Crippen molar-refractivity contribution in [3.63, 3.8) is 0 Å². The second-order valence-corrected chi connectivity index (χ2v) is 6.08. The van der Waals surface area contributed by atoms with E-state index in [9.17, 15) is 4.79 Å². The van der Waals surface area contributed by atoms with Crippen LogP contribution in [0.25, 0.3) is 0 Å². The smallest absolute Gasteiger partial charge is 0.251 e. The number of carbonyl (C=O) groups is 1. The molecule has 0 aliphatic heterocycles. The molecule has 1 unspecified atom stereocenters. The predicted octanol–water partition coefficient (Wildman–Crippen LogP) is 3.45. The van der Waals surface area contributed by atoms with Gasteiger partial charge in [-0.2, -0.15) is 0 Å². The van der Waals surface area contributed by atoms with Crippen molar-refractivity contribution in [1.29, 1.82) is 0 Å². The summed E-state index contributed by atoms with van der Waals surface area (Å²) in [6.07, 6.45) is 0. The summed E-state index contributed by atoms with van der Waals surface area (Å²) in [7, 11) is 0. The maximum atomic E-state index is 12.1. The Hall–Kier alpha value is -0.960. The summed E-state index contributed by atoms with van der Waals surface area (Å²) < 4.78 is 0. The third-order valence-electron chi connectivity index (χ3n) is 3.11. The van der Waals surface area contributed by atoms with Crippen molar-refractivity contribution in [2.45, 2.75) is 45.6 Å². The Morgan fingerprint density at radius 2 is 1.94 bits per heavy atom. The normalized spacial score (nSPS) is 13.3. The van der Waals surface area contributed by atoms with Gasteiger partial charge in [0.2, 0.25) is 0 Å². The van der Waals surface area contributed by atoms with Gasteiger partial charge in [0.15, 0.2) is 0 Å². The van der Waals surface area contributed by atoms with Gasteiger partial charge in [0.25, 0.3) is 5.91 Å². The van der Waals surface area contributed by atoms with Crippen LogP contribution in [0.15, 0.2) is 23.1 Å². The number of carbonyl (C=O) groups excluding carboxylic acids is 1. The average molecular weight is 251 g/mol. The van der Waals surface area contributed by atoms with E-state index in [4.69, 9.17) is 0 Å². The van der Waals surface area contributed by atoms with Gasteiger partial charge >= 0.3 is 0 Å². The summed E-state index contributed by atoms with van der Waals surface area (Å²) in [6, 6.07) is 5.74. The SMILES string of the molecule is Cc1ccc(S)cc1C(=O)NC(C)C(C)(C)C. The summed E-state index contributed by atoms with van der Waals surface area (Å²) in [5.41, 5.74) is 1.73. The Balaban J connectivity index is 2.87. The molecule has 0 aromatic heterocycles. The van der Waals surface area contributed by atoms with Crippen molar-refractivity contribution >= 4 is 18.5 Å². The van der Waals surface area contributed by atoms with Gasteiger partial charge in [-0.1, -0.05) is 26.8 Å². The minimum Gasteiger partial charge on any atom is -0.349 e. The Kier molecular flexibility index (Phi) is 4.26. The molecule has 94 valence electrons. The van der Waals surface area contributed by atoms with Crippen LogP contribution in [0.2, 0.25) is 0 Å². The number of benzene rings is 1. The molecule has 0 saturated heterocycles. The first-order chi connectivity index (χ1) is 7.71. The fourth-order valence-electron chi connectivity index (χ4n) is 1.35. The molecule has 1 atom stereocenters. The van der Waals surface area contributed by atoms with Crippen LogP contribution < -0.4 is 5.32 Å². The average Bonchev–Trinajstić information content (AvgIpc) is 2.20. The fraction of sp³-hybridized carbons (Fsp3) is 0.500. The zero-order valence-electron chi connectivity index (χ0n) is 11.2. The van der Waals surface area contributed by atoms with Crippen LogP contribution in [-0.4, -0.2) is 11.9 Å². The van der Waals surface area contributed by atoms with E-state index >= 15 is 0 Å². The molecule has 0 fully saturated rings. The molecule has 0 bridgehead atoms. The van der Waals surface area contributed by atoms with E-state index in [1.54, 1.807) is 0 Å². The molecule has 1 aromatic carbocycles. The first-order valence-corrected chi connectivity index (χ1v) is 6.27. The standard InChI is InChI=1S/C14H21NOS/c1-9-6-7-11(17)8-12(9)13(16)15-10(2)14(3,4)5/h6-8,10,17H,1-5H3,(H,15,16). The summed E-state index contributed by atoms with van der Waals surface area (Å²) in [5.74, 6) is -0.0270. The van der Waals surface area contributed by atoms with Crippen molar-refractivity contribution in [1.82, 2.24) is 5.32 Å². The lowest BCUT2D eigenvalue weighted by Gasteiger charge is -2.28. The van der Waals surface area contributed by atoms with Gasteiger partial charge in [-0.25, -0.2) is 0 Å². The summed E-state index contributed by atoms with van der Waals surface area (Å²) in [6.45, 7) is 10.3. The lowest BCUT2D eigenvalue weighted by atomic mass is 9.88. The third kappa shape index (κ3) is 3.77. The van der Waals surface area contributed by atoms with Crippen LogP contribution in [0.1, 0.15) is 43.6 Å². The Labute approximate surface area is 109 Å². The van der Waals surface area contributed by atoms with E-state index in [2.05, 4.69) is 38.7 Å². The number of rotatable bonds is 2. The molecular formula is C14H21NOS. The zero-order chi connectivity index (χ0) is 13.2. The number of amides is 1. The number of aryl methyl sites for hydroxylation is 1. The van der Waals surface area contributed by atoms with Crippen molar-refractivity contribution < 1.29 is 4.79 Å². The highest BCUT2D eigenvalue weighted by Gasteiger charge is 2.22. The summed E-state index contributed by atoms with van der Waals surface area (Å²) in [4.78, 5) is 12.9. The second-order valence-electron chi connectivity index (χ2n) is 5.56. The molecular weight excluding hydrogens is 230 g/mol. The number of thiol groups is 1. The van der Waals surface area contributed by atoms with E-state index in [0.29, 0.717) is 5.56 Å². The van der Waals surface area contributed by atoms with Gasteiger partial charge in [0.05, 0.1) is 0 Å². The molecule has 0 aliphatic carbocycles. The first-order valence-electron chi connectivity index (χ1n) is 5.82. The van der Waals surface area contributed by atoms with E-state index in [-0.39, 0.29) is 17.4 Å². The molecule has 2 nitrogen and oxygen atoms in total. The van der Waals surface area contributed by atoms with Gasteiger partial charge in [0.1, 0.15) is 0 Å². The number of hydrogen-bond acceptors (Lipinski definition) is 2. The molecule has 1 amide bonds. The third-order valence-corrected chi connectivity index (χ3v) is 3.39. The van der Waals surface area contributed by atoms with Crippen LogP contribution in [0, 0.1) is 12.3 Å². The second kappa shape index (κ2) is 5.13. The van der Waals surface area contributed by atoms with Crippen LogP contribution in [-0.2, 0) is 0 Å². The molecule has 0 spiro atoms. The topological polar surface area (TPSA) is 29.1 Å². The van der Waals surface area contributed by atoms with E-state index in [1.165, 1.54) is 0 Å². The monoisotopic (exact) mass is 251 g/mol. The van der Waals surface area contributed by atoms with Crippen LogP contribution in [0.5, 0.6) is 0 Å². The molecule has 17 heavy (non-hydrogen) atoms. The largest absolute Gasteiger partial charge is 0.349 e. The number of hydrogen-bond donors (Lipinski definition) is 2. The highest BCUT2D eigenvalue weighted by molar-refractivity contribution is 7.80. The van der Waals surface area contributed by atoms with Gasteiger partial charge in [-0.3, -0.25) is 4.79 Å². The Morgan fingerprint density at radius 1 is 1.35 bits per heavy atom. The van der Waals surface area contributed by atoms with Crippen molar-refractivity contribution in [3.8, 4) is 0 Å². The van der Waals surface area contributed by atoms with Crippen molar-refractivity contribution in [2.75, 3.05) is 0 Å². The van der Waals surface area contributed by atoms with Crippen molar-refractivity contribution in [3.05, 3.63) is 29.3 Å². The Morgan fingerprint density at radius 3 is 2.47 bits per heavy atom. The highest BCUT2D eigenvalue weighted by Crippen LogP contribution is 2.20. The predicted molar refractivity (Wildman–Crippen MR) is 74.8 cm³/mol. The molecule has 0 radical (unpaired) electrons. The van der Waals surface area contributed by atoms with Crippen LogP contribution >= 0.6 is 12.6 Å². The minimum atomic E-state index is -0.0270. The highest BCUT2D eigenvalue weighted by atomic mass is 32.1. The zero-order valence-corrected chi connectivity index (χ0v) is 12.1. The molecule has 1 N–H and O–H groups in total. The first kappa shape index (κ1) is 14.1. The van der Waals surface area contributed by atoms with Crippen LogP contribution in [0.3, 0.4) is 0 Å². The Bertz CT molecular complexity index is 421. The summed E-state index contributed by atoms with van der Waals surface area (Å²) >= 11 is 4.26. The maximum absolute atomic E-state index is 12.1. The van der Waals surface area contributed by atoms with Gasteiger partial charge < -0.3 is 5.32 Å². The lowest BCUT2D eigenvalue weighted by molar-refractivity contribution is 0.0909. The van der Waals surface area contributed by atoms with E-state index < -0.39 is 0 Å². The fourth-order valence-corrected chi connectivity index (χ4v) is 1.55. The van der Waals surface area contributed by atoms with Gasteiger partial charge in [-0.05, 0) is 37.0 Å². The quantitative estimate of drug-likeness (QED) is 0.775. The molecule has 0 aliphatic rings. The lowest BCUT2D eigenvalue weighted by Crippen LogP contribution is -2.41. The van der Waals surface area contributed by atoms with E-state index in [0.717, 1.165) is 10.5 Å². The molecule has 1 aromatic rings. The van der Waals surface area contributed by atoms with E-state index in [1.807, 2.05) is 32.0 Å². The minimum absolute atomic E-state index is 0.0270. The molecule has 1 rings (SSSR count). The van der Waals surface area contributed by atoms with Crippen molar-refractivity contribution in [2.24, 2.45) is 5.41 Å². The van der Waals surface area contributed by atoms with Gasteiger partial charge in [-0.15, -0.1) is 12.6 Å². The maximum Gasteiger partial charge on any atom is 0.251 e. The molecule has 0 heterocycles.